The SMILES string of the molecule is COc1cc(C(=O)C2CC3COCC(C2)N3Cc2ccccc2)ccc1F. The summed E-state index contributed by atoms with van der Waals surface area (Å²) < 4.78 is 24.5. The first-order valence-electron chi connectivity index (χ1n) is 9.41. The smallest absolute Gasteiger partial charge is 0.166 e. The molecule has 142 valence electrons. The topological polar surface area (TPSA) is 38.8 Å². The van der Waals surface area contributed by atoms with Gasteiger partial charge in [-0.1, -0.05) is 30.3 Å². The van der Waals surface area contributed by atoms with Gasteiger partial charge in [0.1, 0.15) is 0 Å². The molecule has 2 heterocycles. The van der Waals surface area contributed by atoms with Gasteiger partial charge >= 0.3 is 0 Å². The molecular weight excluding hydrogens is 345 g/mol. The number of benzene rings is 2. The molecule has 0 aromatic heterocycles. The van der Waals surface area contributed by atoms with E-state index in [1.165, 1.54) is 24.8 Å². The summed E-state index contributed by atoms with van der Waals surface area (Å²) in [4.78, 5) is 15.5. The maximum atomic E-state index is 13.7. The van der Waals surface area contributed by atoms with Crippen molar-refractivity contribution in [2.24, 2.45) is 5.92 Å². The third-order valence-corrected chi connectivity index (χ3v) is 5.69. The highest BCUT2D eigenvalue weighted by atomic mass is 19.1. The molecular formula is C22H24FNO3. The summed E-state index contributed by atoms with van der Waals surface area (Å²) in [6.45, 7) is 2.19. The van der Waals surface area contributed by atoms with Crippen LogP contribution >= 0.6 is 0 Å². The van der Waals surface area contributed by atoms with Crippen LogP contribution in [0.15, 0.2) is 48.5 Å². The number of Topliss-reactive ketones (excluding diaryl/α,β-unsaturated/α-hetero) is 1. The Morgan fingerprint density at radius 2 is 1.85 bits per heavy atom. The van der Waals surface area contributed by atoms with Crippen molar-refractivity contribution in [3.63, 3.8) is 0 Å². The van der Waals surface area contributed by atoms with Gasteiger partial charge < -0.3 is 9.47 Å². The summed E-state index contributed by atoms with van der Waals surface area (Å²) >= 11 is 0. The number of ketones is 1. The number of carbonyl (C=O) groups is 1. The minimum atomic E-state index is -0.447. The monoisotopic (exact) mass is 369 g/mol. The van der Waals surface area contributed by atoms with Crippen molar-refractivity contribution in [2.75, 3.05) is 20.3 Å². The highest BCUT2D eigenvalue weighted by Crippen LogP contribution is 2.35. The van der Waals surface area contributed by atoms with E-state index in [0.717, 1.165) is 19.4 Å². The Morgan fingerprint density at radius 1 is 1.15 bits per heavy atom. The molecule has 2 aliphatic heterocycles. The molecule has 2 aromatic rings. The number of methoxy groups -OCH3 is 1. The number of ether oxygens (including phenoxy) is 2. The molecule has 0 amide bonds. The minimum absolute atomic E-state index is 0.0638. The van der Waals surface area contributed by atoms with Crippen LogP contribution in [0, 0.1) is 11.7 Å². The summed E-state index contributed by atoms with van der Waals surface area (Å²) in [7, 11) is 1.41. The Balaban J connectivity index is 1.50. The number of morpholine rings is 1. The van der Waals surface area contributed by atoms with Crippen LogP contribution in [-0.4, -0.2) is 43.1 Å². The number of nitrogens with zero attached hydrogens (tertiary/aromatic N) is 1. The lowest BCUT2D eigenvalue weighted by Gasteiger charge is -2.48. The number of fused-ring (bicyclic) bond motifs is 2. The molecule has 27 heavy (non-hydrogen) atoms. The van der Waals surface area contributed by atoms with Crippen molar-refractivity contribution in [3.8, 4) is 5.75 Å². The van der Waals surface area contributed by atoms with E-state index in [-0.39, 0.29) is 29.5 Å². The van der Waals surface area contributed by atoms with Crippen molar-refractivity contribution < 1.29 is 18.7 Å². The first-order chi connectivity index (χ1) is 13.2. The summed E-state index contributed by atoms with van der Waals surface area (Å²) in [5, 5.41) is 0. The van der Waals surface area contributed by atoms with E-state index in [9.17, 15) is 9.18 Å². The molecule has 0 N–H and O–H groups in total. The summed E-state index contributed by atoms with van der Waals surface area (Å²) in [6.07, 6.45) is 1.53. The van der Waals surface area contributed by atoms with Crippen molar-refractivity contribution >= 4 is 5.78 Å². The highest BCUT2D eigenvalue weighted by molar-refractivity contribution is 5.98. The molecule has 2 unspecified atom stereocenters. The van der Waals surface area contributed by atoms with Crippen LogP contribution in [-0.2, 0) is 11.3 Å². The van der Waals surface area contributed by atoms with Crippen LogP contribution in [0.4, 0.5) is 4.39 Å². The molecule has 2 bridgehead atoms. The summed E-state index contributed by atoms with van der Waals surface area (Å²) in [6, 6.07) is 15.2. The van der Waals surface area contributed by atoms with Crippen molar-refractivity contribution in [3.05, 3.63) is 65.5 Å². The Labute approximate surface area is 158 Å². The maximum absolute atomic E-state index is 13.7. The second kappa shape index (κ2) is 7.79. The number of carbonyl (C=O) groups excluding carboxylic acids is 1. The van der Waals surface area contributed by atoms with Gasteiger partial charge in [0.25, 0.3) is 0 Å². The second-order valence-corrected chi connectivity index (χ2v) is 7.38. The van der Waals surface area contributed by atoms with Gasteiger partial charge in [0.2, 0.25) is 0 Å². The Hall–Kier alpha value is -2.24. The third kappa shape index (κ3) is 3.75. The van der Waals surface area contributed by atoms with E-state index in [1.807, 2.05) is 6.07 Å². The number of halogens is 1. The minimum Gasteiger partial charge on any atom is -0.494 e. The van der Waals surface area contributed by atoms with Gasteiger partial charge in [0.15, 0.2) is 17.3 Å². The standard InChI is InChI=1S/C22H24FNO3/c1-26-21-11-16(7-8-20(21)23)22(25)17-9-18-13-27-14-19(10-17)24(18)12-15-5-3-2-4-6-15/h2-8,11,17-19H,9-10,12-14H2,1H3. The predicted molar refractivity (Wildman–Crippen MR) is 100 cm³/mol. The molecule has 5 heteroatoms. The van der Waals surface area contributed by atoms with Gasteiger partial charge in [-0.25, -0.2) is 4.39 Å². The van der Waals surface area contributed by atoms with Gasteiger partial charge in [-0.15, -0.1) is 0 Å². The lowest BCUT2D eigenvalue weighted by atomic mass is 9.80. The van der Waals surface area contributed by atoms with Crippen LogP contribution in [0.25, 0.3) is 0 Å². The van der Waals surface area contributed by atoms with E-state index in [2.05, 4.69) is 29.2 Å². The zero-order valence-corrected chi connectivity index (χ0v) is 15.4. The van der Waals surface area contributed by atoms with Crippen LogP contribution in [0.3, 0.4) is 0 Å². The molecule has 2 saturated heterocycles. The number of hydrogen-bond acceptors (Lipinski definition) is 4. The normalized spacial score (nSPS) is 25.2. The molecule has 0 saturated carbocycles. The van der Waals surface area contributed by atoms with Gasteiger partial charge in [0.05, 0.1) is 20.3 Å². The number of piperidine rings is 1. The van der Waals surface area contributed by atoms with Gasteiger partial charge in [-0.3, -0.25) is 9.69 Å². The fourth-order valence-electron chi connectivity index (χ4n) is 4.30. The summed E-state index contributed by atoms with van der Waals surface area (Å²) in [5.41, 5.74) is 1.80. The van der Waals surface area contributed by atoms with Crippen molar-refractivity contribution in [1.82, 2.24) is 4.90 Å². The highest BCUT2D eigenvalue weighted by Gasteiger charge is 2.41. The lowest BCUT2D eigenvalue weighted by Crippen LogP contribution is -2.57. The van der Waals surface area contributed by atoms with Crippen LogP contribution < -0.4 is 4.74 Å². The van der Waals surface area contributed by atoms with E-state index in [1.54, 1.807) is 6.07 Å². The third-order valence-electron chi connectivity index (χ3n) is 5.69. The van der Waals surface area contributed by atoms with Gasteiger partial charge in [0, 0.05) is 30.1 Å². The largest absolute Gasteiger partial charge is 0.494 e. The predicted octanol–water partition coefficient (Wildman–Crippen LogP) is 3.70. The molecule has 2 aliphatic rings. The zero-order chi connectivity index (χ0) is 18.8. The van der Waals surface area contributed by atoms with Crippen LogP contribution in [0.1, 0.15) is 28.8 Å². The Kier molecular flexibility index (Phi) is 5.23. The average Bonchev–Trinajstić information content (AvgIpc) is 2.68. The molecule has 4 rings (SSSR count). The van der Waals surface area contributed by atoms with Gasteiger partial charge in [-0.2, -0.15) is 0 Å². The molecule has 2 aromatic carbocycles. The van der Waals surface area contributed by atoms with E-state index in [4.69, 9.17) is 9.47 Å². The molecule has 4 nitrogen and oxygen atoms in total. The molecule has 0 spiro atoms. The average molecular weight is 369 g/mol. The maximum Gasteiger partial charge on any atom is 0.166 e. The first kappa shape index (κ1) is 18.1. The number of hydrogen-bond donors (Lipinski definition) is 0. The zero-order valence-electron chi connectivity index (χ0n) is 15.4. The fraction of sp³-hybridized carbons (Fsp3) is 0.409. The van der Waals surface area contributed by atoms with Crippen LogP contribution in [0.5, 0.6) is 5.75 Å². The van der Waals surface area contributed by atoms with Crippen molar-refractivity contribution in [2.45, 2.75) is 31.5 Å². The van der Waals surface area contributed by atoms with Crippen molar-refractivity contribution in [1.29, 1.82) is 0 Å². The molecule has 2 fully saturated rings. The Bertz CT molecular complexity index is 796. The van der Waals surface area contributed by atoms with E-state index >= 15 is 0 Å². The van der Waals surface area contributed by atoms with Gasteiger partial charge in [-0.05, 0) is 36.6 Å². The molecule has 0 aliphatic carbocycles. The molecule has 0 radical (unpaired) electrons. The summed E-state index contributed by atoms with van der Waals surface area (Å²) in [5.74, 6) is -0.321. The first-order valence-corrected chi connectivity index (χ1v) is 9.41. The van der Waals surface area contributed by atoms with E-state index < -0.39 is 5.82 Å². The van der Waals surface area contributed by atoms with E-state index in [0.29, 0.717) is 18.8 Å². The fourth-order valence-corrected chi connectivity index (χ4v) is 4.30. The quantitative estimate of drug-likeness (QED) is 0.754. The Morgan fingerprint density at radius 3 is 2.52 bits per heavy atom. The lowest BCUT2D eigenvalue weighted by molar-refractivity contribution is -0.0872. The number of rotatable bonds is 5. The second-order valence-electron chi connectivity index (χ2n) is 7.38. The van der Waals surface area contributed by atoms with Crippen LogP contribution in [0.2, 0.25) is 0 Å². The molecule has 2 atom stereocenters.